The van der Waals surface area contributed by atoms with Gasteiger partial charge < -0.3 is 16.0 Å². The first kappa shape index (κ1) is 16.1. The first-order valence-corrected chi connectivity index (χ1v) is 8.11. The van der Waals surface area contributed by atoms with Crippen LogP contribution < -0.4 is 16.0 Å². The summed E-state index contributed by atoms with van der Waals surface area (Å²) in [6.45, 7) is 4.25. The number of nitrogens with one attached hydrogen (secondary N) is 1. The number of hydrogen-bond acceptors (Lipinski definition) is 3. The summed E-state index contributed by atoms with van der Waals surface area (Å²) in [7, 11) is 0. The molecular formula is C19H21N3O2. The zero-order chi connectivity index (χ0) is 17.1. The Balaban J connectivity index is 1.72. The second-order valence-corrected chi connectivity index (χ2v) is 6.09. The third kappa shape index (κ3) is 3.40. The van der Waals surface area contributed by atoms with Gasteiger partial charge >= 0.3 is 0 Å². The lowest BCUT2D eigenvalue weighted by Gasteiger charge is -2.20. The highest BCUT2D eigenvalue weighted by atomic mass is 16.2. The Morgan fingerprint density at radius 3 is 2.21 bits per heavy atom. The SMILES string of the molecule is Cc1cc(NC(=O)c2ccc(C(N)=O)cc2)ccc1N1CCCC1. The van der Waals surface area contributed by atoms with Crippen molar-refractivity contribution in [3.05, 3.63) is 59.2 Å². The summed E-state index contributed by atoms with van der Waals surface area (Å²) in [5.74, 6) is -0.713. The van der Waals surface area contributed by atoms with E-state index in [9.17, 15) is 9.59 Å². The average molecular weight is 323 g/mol. The van der Waals surface area contributed by atoms with E-state index in [1.54, 1.807) is 24.3 Å². The van der Waals surface area contributed by atoms with Crippen molar-refractivity contribution in [1.82, 2.24) is 0 Å². The molecule has 5 heteroatoms. The van der Waals surface area contributed by atoms with E-state index in [1.165, 1.54) is 18.5 Å². The Hall–Kier alpha value is -2.82. The first-order valence-electron chi connectivity index (χ1n) is 8.11. The molecule has 2 aromatic carbocycles. The summed E-state index contributed by atoms with van der Waals surface area (Å²) in [4.78, 5) is 25.8. The molecule has 3 rings (SSSR count). The van der Waals surface area contributed by atoms with E-state index in [4.69, 9.17) is 5.73 Å². The number of carbonyl (C=O) groups is 2. The first-order chi connectivity index (χ1) is 11.5. The minimum Gasteiger partial charge on any atom is -0.371 e. The second-order valence-electron chi connectivity index (χ2n) is 6.09. The summed E-state index contributed by atoms with van der Waals surface area (Å²) >= 11 is 0. The highest BCUT2D eigenvalue weighted by Gasteiger charge is 2.15. The largest absolute Gasteiger partial charge is 0.371 e. The van der Waals surface area contributed by atoms with E-state index >= 15 is 0 Å². The van der Waals surface area contributed by atoms with Gasteiger partial charge in [0.05, 0.1) is 0 Å². The van der Waals surface area contributed by atoms with Gasteiger partial charge in [-0.3, -0.25) is 9.59 Å². The van der Waals surface area contributed by atoms with Crippen molar-refractivity contribution >= 4 is 23.2 Å². The van der Waals surface area contributed by atoms with E-state index in [0.717, 1.165) is 24.3 Å². The van der Waals surface area contributed by atoms with Gasteiger partial charge in [0.2, 0.25) is 5.91 Å². The van der Waals surface area contributed by atoms with Crippen LogP contribution in [0.25, 0.3) is 0 Å². The van der Waals surface area contributed by atoms with Crippen LogP contribution in [-0.4, -0.2) is 24.9 Å². The van der Waals surface area contributed by atoms with E-state index in [0.29, 0.717) is 11.1 Å². The zero-order valence-electron chi connectivity index (χ0n) is 13.7. The number of anilines is 2. The van der Waals surface area contributed by atoms with Gasteiger partial charge in [-0.1, -0.05) is 0 Å². The molecule has 1 aliphatic rings. The molecule has 0 unspecified atom stereocenters. The molecule has 0 atom stereocenters. The van der Waals surface area contributed by atoms with Crippen molar-refractivity contribution < 1.29 is 9.59 Å². The predicted octanol–water partition coefficient (Wildman–Crippen LogP) is 2.95. The lowest BCUT2D eigenvalue weighted by molar-refractivity contribution is 0.0995. The highest BCUT2D eigenvalue weighted by Crippen LogP contribution is 2.26. The van der Waals surface area contributed by atoms with Gasteiger partial charge in [-0.05, 0) is 67.8 Å². The maximum absolute atomic E-state index is 12.3. The van der Waals surface area contributed by atoms with Crippen molar-refractivity contribution in [2.24, 2.45) is 5.73 Å². The van der Waals surface area contributed by atoms with Crippen molar-refractivity contribution in [3.63, 3.8) is 0 Å². The number of primary amides is 1. The molecule has 2 aromatic rings. The second kappa shape index (κ2) is 6.74. The van der Waals surface area contributed by atoms with Crippen LogP contribution in [-0.2, 0) is 0 Å². The molecule has 5 nitrogen and oxygen atoms in total. The fourth-order valence-electron chi connectivity index (χ4n) is 3.04. The van der Waals surface area contributed by atoms with Crippen LogP contribution in [0.5, 0.6) is 0 Å². The Bertz CT molecular complexity index is 763. The molecule has 124 valence electrons. The lowest BCUT2D eigenvalue weighted by Crippen LogP contribution is -2.19. The molecule has 1 saturated heterocycles. The standard InChI is InChI=1S/C19H21N3O2/c1-13-12-16(8-9-17(13)22-10-2-3-11-22)21-19(24)15-6-4-14(5-7-15)18(20)23/h4-9,12H,2-3,10-11H2,1H3,(H2,20,23)(H,21,24). The van der Waals surface area contributed by atoms with Crippen LogP contribution >= 0.6 is 0 Å². The summed E-state index contributed by atoms with van der Waals surface area (Å²) in [5.41, 5.74) is 9.22. The van der Waals surface area contributed by atoms with Crippen LogP contribution in [0.3, 0.4) is 0 Å². The van der Waals surface area contributed by atoms with E-state index in [2.05, 4.69) is 23.2 Å². The van der Waals surface area contributed by atoms with Gasteiger partial charge in [-0.25, -0.2) is 0 Å². The number of aryl methyl sites for hydroxylation is 1. The van der Waals surface area contributed by atoms with Crippen molar-refractivity contribution in [2.75, 3.05) is 23.3 Å². The topological polar surface area (TPSA) is 75.4 Å². The van der Waals surface area contributed by atoms with Crippen molar-refractivity contribution in [3.8, 4) is 0 Å². The Kier molecular flexibility index (Phi) is 4.51. The molecule has 1 fully saturated rings. The molecule has 24 heavy (non-hydrogen) atoms. The summed E-state index contributed by atoms with van der Waals surface area (Å²) in [5, 5.41) is 2.89. The number of nitrogens with zero attached hydrogens (tertiary/aromatic N) is 1. The molecule has 0 radical (unpaired) electrons. The molecule has 3 N–H and O–H groups in total. The van der Waals surface area contributed by atoms with Crippen LogP contribution in [0.1, 0.15) is 39.1 Å². The number of rotatable bonds is 4. The number of benzene rings is 2. The molecule has 0 aromatic heterocycles. The molecule has 0 bridgehead atoms. The molecule has 0 spiro atoms. The van der Waals surface area contributed by atoms with Gasteiger partial charge in [0.15, 0.2) is 0 Å². The molecule has 0 aliphatic carbocycles. The van der Waals surface area contributed by atoms with Gasteiger partial charge in [0.25, 0.3) is 5.91 Å². The van der Waals surface area contributed by atoms with Crippen molar-refractivity contribution in [2.45, 2.75) is 19.8 Å². The van der Waals surface area contributed by atoms with Crippen LogP contribution in [0.4, 0.5) is 11.4 Å². The third-order valence-corrected chi connectivity index (χ3v) is 4.33. The fourth-order valence-corrected chi connectivity index (χ4v) is 3.04. The summed E-state index contributed by atoms with van der Waals surface area (Å²) in [6.07, 6.45) is 2.47. The van der Waals surface area contributed by atoms with Gasteiger partial charge in [0.1, 0.15) is 0 Å². The molecular weight excluding hydrogens is 302 g/mol. The predicted molar refractivity (Wildman–Crippen MR) is 95.5 cm³/mol. The Morgan fingerprint density at radius 2 is 1.62 bits per heavy atom. The lowest BCUT2D eigenvalue weighted by atomic mass is 10.1. The normalized spacial score (nSPS) is 13.8. The summed E-state index contributed by atoms with van der Waals surface area (Å²) in [6, 6.07) is 12.3. The van der Waals surface area contributed by atoms with E-state index in [1.807, 2.05) is 12.1 Å². The number of amides is 2. The van der Waals surface area contributed by atoms with Gasteiger partial charge in [0, 0.05) is 35.6 Å². The Morgan fingerprint density at radius 1 is 1.00 bits per heavy atom. The molecule has 1 heterocycles. The average Bonchev–Trinajstić information content (AvgIpc) is 3.09. The molecule has 0 saturated carbocycles. The van der Waals surface area contributed by atoms with Gasteiger partial charge in [-0.2, -0.15) is 0 Å². The number of hydrogen-bond donors (Lipinski definition) is 2. The number of carbonyl (C=O) groups excluding carboxylic acids is 2. The van der Waals surface area contributed by atoms with Crippen LogP contribution in [0.2, 0.25) is 0 Å². The smallest absolute Gasteiger partial charge is 0.255 e. The minimum absolute atomic E-state index is 0.209. The Labute approximate surface area is 141 Å². The van der Waals surface area contributed by atoms with Crippen molar-refractivity contribution in [1.29, 1.82) is 0 Å². The highest BCUT2D eigenvalue weighted by molar-refractivity contribution is 6.05. The van der Waals surface area contributed by atoms with Crippen LogP contribution in [0, 0.1) is 6.92 Å². The van der Waals surface area contributed by atoms with E-state index < -0.39 is 5.91 Å². The van der Waals surface area contributed by atoms with Crippen LogP contribution in [0.15, 0.2) is 42.5 Å². The number of nitrogens with two attached hydrogens (primary N) is 1. The maximum atomic E-state index is 12.3. The fraction of sp³-hybridized carbons (Fsp3) is 0.263. The monoisotopic (exact) mass is 323 g/mol. The minimum atomic E-state index is -0.505. The van der Waals surface area contributed by atoms with Gasteiger partial charge in [-0.15, -0.1) is 0 Å². The molecule has 2 amide bonds. The quantitative estimate of drug-likeness (QED) is 0.908. The maximum Gasteiger partial charge on any atom is 0.255 e. The van der Waals surface area contributed by atoms with E-state index in [-0.39, 0.29) is 5.91 Å². The third-order valence-electron chi connectivity index (χ3n) is 4.33. The molecule has 1 aliphatic heterocycles. The summed E-state index contributed by atoms with van der Waals surface area (Å²) < 4.78 is 0. The zero-order valence-corrected chi connectivity index (χ0v) is 13.7.